The van der Waals surface area contributed by atoms with Crippen molar-refractivity contribution in [1.29, 1.82) is 0 Å². The summed E-state index contributed by atoms with van der Waals surface area (Å²) in [5, 5.41) is 27.6. The quantitative estimate of drug-likeness (QED) is 0.0963. The predicted octanol–water partition coefficient (Wildman–Crippen LogP) is 0.163. The van der Waals surface area contributed by atoms with Crippen molar-refractivity contribution in [2.75, 3.05) is 30.5 Å². The number of amides is 3. The third-order valence-corrected chi connectivity index (χ3v) is 6.73. The molecule has 2 aliphatic rings. The van der Waals surface area contributed by atoms with E-state index in [1.807, 2.05) is 0 Å². The zero-order chi connectivity index (χ0) is 24.8. The lowest BCUT2D eigenvalue weighted by molar-refractivity contribution is -0.150. The summed E-state index contributed by atoms with van der Waals surface area (Å²) >= 11 is 7.74. The molecule has 0 bridgehead atoms. The van der Waals surface area contributed by atoms with Crippen LogP contribution in [0.3, 0.4) is 0 Å². The van der Waals surface area contributed by atoms with Gasteiger partial charge in [-0.15, -0.1) is 34.7 Å². The zero-order valence-corrected chi connectivity index (χ0v) is 19.7. The molecular formula is C18H19ClN6O7S2. The maximum atomic E-state index is 12.7. The molecule has 0 saturated carbocycles. The van der Waals surface area contributed by atoms with Gasteiger partial charge in [-0.1, -0.05) is 11.2 Å². The molecule has 6 N–H and O–H groups in total. The van der Waals surface area contributed by atoms with E-state index in [0.717, 1.165) is 16.2 Å². The molecule has 1 saturated heterocycles. The number of nitrogen functional groups attached to an aromatic ring is 1. The van der Waals surface area contributed by atoms with Crippen LogP contribution in [0, 0.1) is 0 Å². The summed E-state index contributed by atoms with van der Waals surface area (Å²) < 4.78 is 4.90. The van der Waals surface area contributed by atoms with Gasteiger partial charge in [-0.3, -0.25) is 14.5 Å². The summed E-state index contributed by atoms with van der Waals surface area (Å²) in [5.41, 5.74) is 5.26. The molecule has 13 nitrogen and oxygen atoms in total. The Hall–Kier alpha value is -3.30. The van der Waals surface area contributed by atoms with E-state index in [4.69, 9.17) is 22.1 Å². The lowest BCUT2D eigenvalue weighted by Gasteiger charge is -2.49. The number of nitrogens with two attached hydrogens (primary N) is 1. The average molecular weight is 531 g/mol. The normalized spacial score (nSPS) is 20.1. The zero-order valence-electron chi connectivity index (χ0n) is 17.3. The third kappa shape index (κ3) is 5.43. The third-order valence-electron chi connectivity index (χ3n) is 4.56. The molecule has 3 amide bonds. The molecule has 1 unspecified atom stereocenters. The van der Waals surface area contributed by atoms with Gasteiger partial charge in [0.15, 0.2) is 10.8 Å². The molecule has 1 fully saturated rings. The van der Waals surface area contributed by atoms with Crippen LogP contribution in [-0.4, -0.2) is 86.0 Å². The van der Waals surface area contributed by atoms with Gasteiger partial charge in [-0.2, -0.15) is 0 Å². The number of hydrogen-bond donors (Lipinski definition) is 5. The number of alkyl halides is 1. The Morgan fingerprint density at radius 2 is 2.21 bits per heavy atom. The van der Waals surface area contributed by atoms with Crippen molar-refractivity contribution in [2.24, 2.45) is 5.16 Å². The standard InChI is InChI=1S/C18H19ClN6O7S2/c19-3-4-21-18(30)32-5-1-2-8-6-33-15-11(14(27)25(15)12(8)16(28)29)23-13(26)10(24-31)9-7-34-17(20)22-9/h1-2,7,11,15,31H,3-6H2,(H2,20,22)(H,21,30)(H,23,26)(H,28,29)/b2-1-,24-10-/t11?,15-/m0/s1. The largest absolute Gasteiger partial charge is 0.477 e. The molecular weight excluding hydrogens is 512 g/mol. The number of nitrogens with zero attached hydrogens (tertiary/aromatic N) is 3. The molecule has 3 heterocycles. The number of rotatable bonds is 9. The Labute approximate surface area is 205 Å². The van der Waals surface area contributed by atoms with Gasteiger partial charge in [0.25, 0.3) is 11.8 Å². The first-order chi connectivity index (χ1) is 16.3. The smallest absolute Gasteiger partial charge is 0.407 e. The summed E-state index contributed by atoms with van der Waals surface area (Å²) in [6, 6.07) is -1.03. The highest BCUT2D eigenvalue weighted by molar-refractivity contribution is 8.00. The Kier molecular flexibility index (Phi) is 8.36. The van der Waals surface area contributed by atoms with Crippen LogP contribution >= 0.6 is 34.7 Å². The van der Waals surface area contributed by atoms with E-state index in [1.165, 1.54) is 29.3 Å². The number of thioether (sulfide) groups is 1. The SMILES string of the molecule is Nc1nc(/C(=N/O)C(=O)NC2C(=O)N3C(C(=O)O)=C(/C=C\COC(=O)NCCCl)CS[C@@H]23)cs1. The van der Waals surface area contributed by atoms with E-state index in [9.17, 15) is 29.5 Å². The van der Waals surface area contributed by atoms with Crippen molar-refractivity contribution < 1.29 is 34.2 Å². The van der Waals surface area contributed by atoms with Gasteiger partial charge < -0.3 is 31.4 Å². The van der Waals surface area contributed by atoms with E-state index in [0.29, 0.717) is 5.57 Å². The number of carboxylic acids is 1. The van der Waals surface area contributed by atoms with Gasteiger partial charge in [0.2, 0.25) is 0 Å². The number of hydrogen-bond acceptors (Lipinski definition) is 11. The van der Waals surface area contributed by atoms with Crippen molar-refractivity contribution in [3.63, 3.8) is 0 Å². The van der Waals surface area contributed by atoms with Crippen LogP contribution in [-0.2, 0) is 19.1 Å². The molecule has 34 heavy (non-hydrogen) atoms. The van der Waals surface area contributed by atoms with Crippen LogP contribution in [0.5, 0.6) is 0 Å². The number of allylic oxidation sites excluding steroid dienone is 1. The first-order valence-electron chi connectivity index (χ1n) is 9.57. The van der Waals surface area contributed by atoms with Crippen molar-refractivity contribution in [3.8, 4) is 0 Å². The number of nitrogens with one attached hydrogen (secondary N) is 2. The first kappa shape index (κ1) is 25.3. The number of fused-ring (bicyclic) bond motifs is 1. The molecule has 0 radical (unpaired) electrons. The number of anilines is 1. The molecule has 1 aromatic rings. The summed E-state index contributed by atoms with van der Waals surface area (Å²) in [6.45, 7) is 0.129. The Morgan fingerprint density at radius 3 is 2.82 bits per heavy atom. The molecule has 182 valence electrons. The minimum absolute atomic E-state index is 0.0412. The second-order valence-corrected chi connectivity index (χ2v) is 9.05. The minimum atomic E-state index is -1.32. The number of ether oxygens (including phenoxy) is 1. The number of aliphatic carboxylic acids is 1. The van der Waals surface area contributed by atoms with Gasteiger partial charge in [-0.05, 0) is 11.6 Å². The number of aromatic nitrogens is 1. The van der Waals surface area contributed by atoms with Gasteiger partial charge in [-0.25, -0.2) is 14.6 Å². The predicted molar refractivity (Wildman–Crippen MR) is 124 cm³/mol. The molecule has 2 aliphatic heterocycles. The van der Waals surface area contributed by atoms with Crippen LogP contribution in [0.15, 0.2) is 34.0 Å². The highest BCUT2D eigenvalue weighted by Gasteiger charge is 2.54. The number of oxime groups is 1. The molecule has 0 aromatic carbocycles. The number of carboxylic acid groups (broad SMARTS) is 1. The van der Waals surface area contributed by atoms with E-state index < -0.39 is 41.0 Å². The number of alkyl carbamates (subject to hydrolysis) is 1. The lowest BCUT2D eigenvalue weighted by Crippen LogP contribution is -2.71. The summed E-state index contributed by atoms with van der Waals surface area (Å²) in [7, 11) is 0. The van der Waals surface area contributed by atoms with Crippen LogP contribution in [0.2, 0.25) is 0 Å². The van der Waals surface area contributed by atoms with E-state index in [1.54, 1.807) is 0 Å². The number of carbonyl (C=O) groups excluding carboxylic acids is 3. The minimum Gasteiger partial charge on any atom is -0.477 e. The fourth-order valence-corrected chi connectivity index (χ4v) is 5.07. The number of carbonyl (C=O) groups is 4. The van der Waals surface area contributed by atoms with Gasteiger partial charge >= 0.3 is 12.1 Å². The molecule has 16 heteroatoms. The maximum Gasteiger partial charge on any atom is 0.407 e. The Balaban J connectivity index is 1.67. The van der Waals surface area contributed by atoms with Crippen molar-refractivity contribution in [3.05, 3.63) is 34.5 Å². The van der Waals surface area contributed by atoms with Crippen LogP contribution in [0.4, 0.5) is 9.93 Å². The highest BCUT2D eigenvalue weighted by Crippen LogP contribution is 2.40. The number of halogens is 1. The van der Waals surface area contributed by atoms with E-state index in [2.05, 4.69) is 20.8 Å². The fraction of sp³-hybridized carbons (Fsp3) is 0.333. The Morgan fingerprint density at radius 1 is 1.44 bits per heavy atom. The second kappa shape index (κ2) is 11.2. The van der Waals surface area contributed by atoms with Crippen molar-refractivity contribution >= 4 is 69.4 Å². The number of thiazole rings is 1. The molecule has 0 aliphatic carbocycles. The van der Waals surface area contributed by atoms with Gasteiger partial charge in [0.1, 0.15) is 29.4 Å². The summed E-state index contributed by atoms with van der Waals surface area (Å²) in [6.07, 6.45) is 2.24. The van der Waals surface area contributed by atoms with Crippen LogP contribution in [0.25, 0.3) is 0 Å². The fourth-order valence-electron chi connectivity index (χ4n) is 3.10. The van der Waals surface area contributed by atoms with Crippen LogP contribution in [0.1, 0.15) is 5.69 Å². The average Bonchev–Trinajstić information content (AvgIpc) is 3.24. The van der Waals surface area contributed by atoms with Gasteiger partial charge in [0.05, 0.1) is 0 Å². The Bertz CT molecular complexity index is 1090. The summed E-state index contributed by atoms with van der Waals surface area (Å²) in [4.78, 5) is 53.5. The highest BCUT2D eigenvalue weighted by atomic mass is 35.5. The van der Waals surface area contributed by atoms with E-state index >= 15 is 0 Å². The van der Waals surface area contributed by atoms with E-state index in [-0.39, 0.29) is 41.3 Å². The first-order valence-corrected chi connectivity index (χ1v) is 12.0. The van der Waals surface area contributed by atoms with Gasteiger partial charge in [0, 0.05) is 23.6 Å². The molecule has 2 atom stereocenters. The molecule has 1 aromatic heterocycles. The summed E-state index contributed by atoms with van der Waals surface area (Å²) in [5.74, 6) is -2.36. The maximum absolute atomic E-state index is 12.7. The molecule has 0 spiro atoms. The lowest BCUT2D eigenvalue weighted by atomic mass is 10.0. The van der Waals surface area contributed by atoms with Crippen molar-refractivity contribution in [1.82, 2.24) is 20.5 Å². The number of β-lactam (4-membered cyclic amide) rings is 1. The topological polar surface area (TPSA) is 197 Å². The second-order valence-electron chi connectivity index (χ2n) is 6.68. The monoisotopic (exact) mass is 530 g/mol. The van der Waals surface area contributed by atoms with Crippen molar-refractivity contribution in [2.45, 2.75) is 11.4 Å². The molecule has 3 rings (SSSR count). The van der Waals surface area contributed by atoms with Crippen LogP contribution < -0.4 is 16.4 Å².